The molecule has 3 rings (SSSR count). The molecule has 6 nitrogen and oxygen atoms in total. The Labute approximate surface area is 180 Å². The summed E-state index contributed by atoms with van der Waals surface area (Å²) >= 11 is 0. The molecule has 0 saturated carbocycles. The zero-order valence-electron chi connectivity index (χ0n) is 19.2. The van der Waals surface area contributed by atoms with Crippen LogP contribution in [0.3, 0.4) is 0 Å². The van der Waals surface area contributed by atoms with Gasteiger partial charge < -0.3 is 20.1 Å². The number of ether oxygens (including phenoxy) is 2. The second-order valence-electron chi connectivity index (χ2n) is 9.23. The lowest BCUT2D eigenvalue weighted by Crippen LogP contribution is -2.45. The molecule has 2 N–H and O–H groups in total. The van der Waals surface area contributed by atoms with Gasteiger partial charge in [0.1, 0.15) is 5.82 Å². The maximum atomic E-state index is 6.09. The molecule has 2 aromatic rings. The van der Waals surface area contributed by atoms with E-state index >= 15 is 0 Å². The highest BCUT2D eigenvalue weighted by molar-refractivity contribution is 5.37. The summed E-state index contributed by atoms with van der Waals surface area (Å²) in [5.74, 6) is 1.91. The Hall–Kier alpha value is -2.18. The number of hydrogen-bond acceptors (Lipinski definition) is 6. The van der Waals surface area contributed by atoms with Gasteiger partial charge in [-0.1, -0.05) is 51.1 Å². The number of rotatable bonds is 7. The molecule has 1 fully saturated rings. The van der Waals surface area contributed by atoms with Gasteiger partial charge in [-0.25, -0.2) is 0 Å². The van der Waals surface area contributed by atoms with Gasteiger partial charge in [0.25, 0.3) is 0 Å². The molecule has 1 aromatic heterocycles. The first-order chi connectivity index (χ1) is 14.3. The van der Waals surface area contributed by atoms with Crippen LogP contribution in [0.25, 0.3) is 0 Å². The van der Waals surface area contributed by atoms with Crippen molar-refractivity contribution in [3.05, 3.63) is 47.3 Å². The SMILES string of the molecule is COc1nc(C(C)(C)C)nc(OC(C)C)c1CN[C@H]1CCCN[C@H]1c1ccccc1. The molecule has 1 aliphatic heterocycles. The summed E-state index contributed by atoms with van der Waals surface area (Å²) in [6.45, 7) is 11.9. The van der Waals surface area contributed by atoms with E-state index in [1.165, 1.54) is 5.56 Å². The van der Waals surface area contributed by atoms with E-state index in [2.05, 4.69) is 61.7 Å². The molecule has 0 unspecified atom stereocenters. The number of benzene rings is 1. The fourth-order valence-corrected chi connectivity index (χ4v) is 3.77. The van der Waals surface area contributed by atoms with Crippen LogP contribution in [0.1, 0.15) is 70.5 Å². The van der Waals surface area contributed by atoms with Crippen molar-refractivity contribution in [3.8, 4) is 11.8 Å². The normalized spacial score (nSPS) is 19.7. The number of nitrogens with one attached hydrogen (secondary N) is 2. The molecule has 30 heavy (non-hydrogen) atoms. The number of nitrogens with zero attached hydrogens (tertiary/aromatic N) is 2. The molecule has 0 amide bonds. The Kier molecular flexibility index (Phi) is 7.32. The Morgan fingerprint density at radius 3 is 2.47 bits per heavy atom. The molecule has 164 valence electrons. The van der Waals surface area contributed by atoms with Gasteiger partial charge in [-0.2, -0.15) is 9.97 Å². The van der Waals surface area contributed by atoms with Gasteiger partial charge in [0.15, 0.2) is 0 Å². The van der Waals surface area contributed by atoms with Crippen molar-refractivity contribution in [3.63, 3.8) is 0 Å². The molecule has 0 aliphatic carbocycles. The van der Waals surface area contributed by atoms with Crippen LogP contribution in [0.4, 0.5) is 0 Å². The first-order valence-corrected chi connectivity index (χ1v) is 10.9. The molecular formula is C24H36N4O2. The minimum Gasteiger partial charge on any atom is -0.481 e. The summed E-state index contributed by atoms with van der Waals surface area (Å²) in [7, 11) is 1.66. The zero-order valence-corrected chi connectivity index (χ0v) is 19.2. The van der Waals surface area contributed by atoms with Crippen LogP contribution in [0.15, 0.2) is 30.3 Å². The van der Waals surface area contributed by atoms with Crippen LogP contribution in [0, 0.1) is 0 Å². The van der Waals surface area contributed by atoms with Gasteiger partial charge in [0.05, 0.1) is 18.8 Å². The highest BCUT2D eigenvalue weighted by atomic mass is 16.5. The van der Waals surface area contributed by atoms with Gasteiger partial charge in [-0.15, -0.1) is 0 Å². The second kappa shape index (κ2) is 9.75. The average molecular weight is 413 g/mol. The van der Waals surface area contributed by atoms with Gasteiger partial charge in [-0.3, -0.25) is 0 Å². The lowest BCUT2D eigenvalue weighted by molar-refractivity contribution is 0.222. The van der Waals surface area contributed by atoms with E-state index in [4.69, 9.17) is 19.4 Å². The number of hydrogen-bond donors (Lipinski definition) is 2. The highest BCUT2D eigenvalue weighted by Gasteiger charge is 2.28. The Bertz CT molecular complexity index is 818. The van der Waals surface area contributed by atoms with Crippen molar-refractivity contribution in [1.82, 2.24) is 20.6 Å². The molecule has 2 atom stereocenters. The van der Waals surface area contributed by atoms with E-state index in [-0.39, 0.29) is 17.6 Å². The van der Waals surface area contributed by atoms with Crippen molar-refractivity contribution in [2.24, 2.45) is 0 Å². The third kappa shape index (κ3) is 5.49. The number of piperidine rings is 1. The summed E-state index contributed by atoms with van der Waals surface area (Å²) in [5, 5.41) is 7.40. The summed E-state index contributed by atoms with van der Waals surface area (Å²) in [5.41, 5.74) is 1.98. The van der Waals surface area contributed by atoms with Crippen LogP contribution < -0.4 is 20.1 Å². The summed E-state index contributed by atoms with van der Waals surface area (Å²) in [4.78, 5) is 9.47. The first-order valence-electron chi connectivity index (χ1n) is 10.9. The Balaban J connectivity index is 1.87. The second-order valence-corrected chi connectivity index (χ2v) is 9.23. The molecule has 1 saturated heterocycles. The topological polar surface area (TPSA) is 68.3 Å². The maximum absolute atomic E-state index is 6.09. The van der Waals surface area contributed by atoms with Crippen LogP contribution in [-0.2, 0) is 12.0 Å². The predicted molar refractivity (Wildman–Crippen MR) is 120 cm³/mol. The number of methoxy groups -OCH3 is 1. The van der Waals surface area contributed by atoms with Crippen LogP contribution >= 0.6 is 0 Å². The Morgan fingerprint density at radius 1 is 1.13 bits per heavy atom. The zero-order chi connectivity index (χ0) is 21.7. The molecule has 6 heteroatoms. The molecular weight excluding hydrogens is 376 g/mol. The van der Waals surface area contributed by atoms with E-state index in [0.717, 1.165) is 30.8 Å². The van der Waals surface area contributed by atoms with Gasteiger partial charge >= 0.3 is 0 Å². The summed E-state index contributed by atoms with van der Waals surface area (Å²) in [6.07, 6.45) is 2.27. The molecule has 1 aromatic carbocycles. The molecule has 0 spiro atoms. The summed E-state index contributed by atoms with van der Waals surface area (Å²) < 4.78 is 11.8. The molecule has 2 heterocycles. The van der Waals surface area contributed by atoms with Crippen molar-refractivity contribution >= 4 is 0 Å². The standard InChI is InChI=1S/C24H36N4O2/c1-16(2)30-22-18(21(29-6)27-23(28-22)24(3,4)5)15-26-19-13-10-14-25-20(19)17-11-8-7-9-12-17/h7-9,11-12,16,19-20,25-26H,10,13-15H2,1-6H3/t19-,20-/m0/s1. The Morgan fingerprint density at radius 2 is 1.83 bits per heavy atom. The fraction of sp³-hybridized carbons (Fsp3) is 0.583. The largest absolute Gasteiger partial charge is 0.481 e. The van der Waals surface area contributed by atoms with Crippen molar-refractivity contribution in [2.75, 3.05) is 13.7 Å². The van der Waals surface area contributed by atoms with E-state index < -0.39 is 0 Å². The van der Waals surface area contributed by atoms with Crippen molar-refractivity contribution in [1.29, 1.82) is 0 Å². The lowest BCUT2D eigenvalue weighted by Gasteiger charge is -2.34. The minimum atomic E-state index is -0.194. The highest BCUT2D eigenvalue weighted by Crippen LogP contribution is 2.31. The minimum absolute atomic E-state index is 0.0181. The van der Waals surface area contributed by atoms with Crippen molar-refractivity contribution in [2.45, 2.75) is 77.6 Å². The quantitative estimate of drug-likeness (QED) is 0.712. The van der Waals surface area contributed by atoms with Gasteiger partial charge in [0.2, 0.25) is 11.8 Å². The lowest BCUT2D eigenvalue weighted by atomic mass is 9.92. The van der Waals surface area contributed by atoms with Crippen LogP contribution in [-0.4, -0.2) is 35.8 Å². The monoisotopic (exact) mass is 412 g/mol. The smallest absolute Gasteiger partial charge is 0.225 e. The van der Waals surface area contributed by atoms with Crippen molar-refractivity contribution < 1.29 is 9.47 Å². The van der Waals surface area contributed by atoms with Gasteiger partial charge in [0, 0.05) is 24.0 Å². The van der Waals surface area contributed by atoms with E-state index in [1.54, 1.807) is 7.11 Å². The van der Waals surface area contributed by atoms with Crippen LogP contribution in [0.5, 0.6) is 11.8 Å². The van der Waals surface area contributed by atoms with Crippen LogP contribution in [0.2, 0.25) is 0 Å². The third-order valence-corrected chi connectivity index (χ3v) is 5.30. The maximum Gasteiger partial charge on any atom is 0.225 e. The summed E-state index contributed by atoms with van der Waals surface area (Å²) in [6, 6.07) is 11.2. The third-order valence-electron chi connectivity index (χ3n) is 5.30. The first kappa shape index (κ1) is 22.5. The van der Waals surface area contributed by atoms with E-state index in [9.17, 15) is 0 Å². The molecule has 1 aliphatic rings. The predicted octanol–water partition coefficient (Wildman–Crippen LogP) is 4.15. The molecule has 0 bridgehead atoms. The number of aromatic nitrogens is 2. The van der Waals surface area contributed by atoms with Gasteiger partial charge in [-0.05, 0) is 38.8 Å². The van der Waals surface area contributed by atoms with E-state index in [1.807, 2.05) is 13.8 Å². The molecule has 0 radical (unpaired) electrons. The fourth-order valence-electron chi connectivity index (χ4n) is 3.77. The van der Waals surface area contributed by atoms with E-state index in [0.29, 0.717) is 24.3 Å². The average Bonchev–Trinajstić information content (AvgIpc) is 2.72.